The number of hydrogen-bond acceptors (Lipinski definition) is 3. The molecule has 0 heterocycles. The Morgan fingerprint density at radius 2 is 2.06 bits per heavy atom. The first-order valence-corrected chi connectivity index (χ1v) is 6.00. The van der Waals surface area contributed by atoms with E-state index < -0.39 is 0 Å². The van der Waals surface area contributed by atoms with E-state index >= 15 is 0 Å². The smallest absolute Gasteiger partial charge is 0.227 e. The zero-order chi connectivity index (χ0) is 13.5. The first-order valence-electron chi connectivity index (χ1n) is 6.00. The minimum absolute atomic E-state index is 0.0263. The minimum Gasteiger partial charge on any atom is -0.344 e. The van der Waals surface area contributed by atoms with Crippen molar-refractivity contribution in [2.75, 3.05) is 13.6 Å². The number of nitrogens with zero attached hydrogens (tertiary/aromatic N) is 2. The Bertz CT molecular complexity index is 424. The Morgan fingerprint density at radius 3 is 2.61 bits per heavy atom. The summed E-state index contributed by atoms with van der Waals surface area (Å²) in [5, 5.41) is 8.51. The van der Waals surface area contributed by atoms with Crippen LogP contribution < -0.4 is 5.73 Å². The lowest BCUT2D eigenvalue weighted by Gasteiger charge is -2.25. The normalized spacial score (nSPS) is 13.4. The Morgan fingerprint density at radius 1 is 1.44 bits per heavy atom. The maximum Gasteiger partial charge on any atom is 0.227 e. The highest BCUT2D eigenvalue weighted by atomic mass is 16.2. The van der Waals surface area contributed by atoms with Crippen LogP contribution in [0.5, 0.6) is 0 Å². The molecule has 4 nitrogen and oxygen atoms in total. The number of hydrogen-bond donors (Lipinski definition) is 1. The van der Waals surface area contributed by atoms with Crippen molar-refractivity contribution in [2.24, 2.45) is 11.7 Å². The predicted molar refractivity (Wildman–Crippen MR) is 70.4 cm³/mol. The maximum absolute atomic E-state index is 12.1. The third-order valence-electron chi connectivity index (χ3n) is 3.05. The van der Waals surface area contributed by atoms with Crippen LogP contribution in [0.3, 0.4) is 0 Å². The summed E-state index contributed by atoms with van der Waals surface area (Å²) >= 11 is 0. The van der Waals surface area contributed by atoms with Gasteiger partial charge in [0.2, 0.25) is 5.91 Å². The minimum atomic E-state index is -0.316. The first kappa shape index (κ1) is 14.2. The highest BCUT2D eigenvalue weighted by Gasteiger charge is 2.24. The van der Waals surface area contributed by atoms with Gasteiger partial charge in [-0.25, -0.2) is 0 Å². The lowest BCUT2D eigenvalue weighted by molar-refractivity contribution is -0.134. The molecular weight excluding hydrogens is 226 g/mol. The van der Waals surface area contributed by atoms with Gasteiger partial charge in [0.25, 0.3) is 0 Å². The monoisotopic (exact) mass is 245 g/mol. The zero-order valence-electron chi connectivity index (χ0n) is 10.8. The molecule has 2 atom stereocenters. The van der Waals surface area contributed by atoms with E-state index in [4.69, 9.17) is 11.0 Å². The summed E-state index contributed by atoms with van der Waals surface area (Å²) in [6.07, 6.45) is 0.343. The molecule has 0 saturated heterocycles. The van der Waals surface area contributed by atoms with Crippen LogP contribution in [0.2, 0.25) is 0 Å². The van der Waals surface area contributed by atoms with Crippen LogP contribution in [-0.4, -0.2) is 24.4 Å². The second kappa shape index (κ2) is 6.77. The number of carbonyl (C=O) groups excluding carboxylic acids is 1. The third-order valence-corrected chi connectivity index (χ3v) is 3.05. The van der Waals surface area contributed by atoms with Crippen molar-refractivity contribution in [3.63, 3.8) is 0 Å². The lowest BCUT2D eigenvalue weighted by Crippen LogP contribution is -2.37. The molecule has 1 amide bonds. The van der Waals surface area contributed by atoms with Crippen molar-refractivity contribution in [3.8, 4) is 6.07 Å². The largest absolute Gasteiger partial charge is 0.344 e. The molecule has 0 bridgehead atoms. The molecule has 96 valence electrons. The number of nitriles is 1. The van der Waals surface area contributed by atoms with Gasteiger partial charge in [0.05, 0.1) is 18.4 Å². The van der Waals surface area contributed by atoms with Crippen LogP contribution in [0.25, 0.3) is 0 Å². The second-order valence-electron chi connectivity index (χ2n) is 4.39. The fourth-order valence-electron chi connectivity index (χ4n) is 1.79. The third kappa shape index (κ3) is 3.57. The van der Waals surface area contributed by atoms with E-state index in [0.29, 0.717) is 13.0 Å². The Kier molecular flexibility index (Phi) is 5.34. The predicted octanol–water partition coefficient (Wildman–Crippen LogP) is 1.69. The molecule has 1 aromatic rings. The van der Waals surface area contributed by atoms with Crippen LogP contribution in [0.4, 0.5) is 0 Å². The molecule has 0 spiro atoms. The summed E-state index contributed by atoms with van der Waals surface area (Å²) in [7, 11) is 1.70. The molecule has 0 saturated carbocycles. The fraction of sp³-hybridized carbons (Fsp3) is 0.429. The van der Waals surface area contributed by atoms with Gasteiger partial charge >= 0.3 is 0 Å². The highest BCUT2D eigenvalue weighted by molar-refractivity contribution is 5.79. The number of amides is 1. The molecule has 1 rings (SSSR count). The average Bonchev–Trinajstić information content (AvgIpc) is 2.43. The summed E-state index contributed by atoms with van der Waals surface area (Å²) in [5.41, 5.74) is 7.04. The van der Waals surface area contributed by atoms with E-state index in [1.165, 1.54) is 0 Å². The van der Waals surface area contributed by atoms with Crippen LogP contribution in [0.15, 0.2) is 30.3 Å². The average molecular weight is 245 g/mol. The summed E-state index contributed by atoms with van der Waals surface area (Å²) in [5.74, 6) is -0.322. The molecule has 0 aliphatic heterocycles. The maximum atomic E-state index is 12.1. The van der Waals surface area contributed by atoms with Gasteiger partial charge in [0.15, 0.2) is 0 Å². The standard InChI is InChI=1S/C14H19N3O/c1-11(14(18)17(2)10-6-9-15)13(16)12-7-4-3-5-8-12/h3-5,7-8,11,13H,6,10,16H2,1-2H3. The molecule has 1 aromatic carbocycles. The van der Waals surface area contributed by atoms with E-state index in [0.717, 1.165) is 5.56 Å². The molecule has 0 fully saturated rings. The second-order valence-corrected chi connectivity index (χ2v) is 4.39. The van der Waals surface area contributed by atoms with Crippen molar-refractivity contribution in [2.45, 2.75) is 19.4 Å². The summed E-state index contributed by atoms with van der Waals surface area (Å²) in [4.78, 5) is 13.7. The molecule has 0 aromatic heterocycles. The molecular formula is C14H19N3O. The van der Waals surface area contributed by atoms with E-state index in [1.807, 2.05) is 43.3 Å². The molecule has 2 N–H and O–H groups in total. The van der Waals surface area contributed by atoms with Crippen molar-refractivity contribution < 1.29 is 4.79 Å². The van der Waals surface area contributed by atoms with E-state index in [1.54, 1.807) is 11.9 Å². The molecule has 2 unspecified atom stereocenters. The summed E-state index contributed by atoms with van der Waals surface area (Å²) < 4.78 is 0. The molecule has 4 heteroatoms. The summed E-state index contributed by atoms with van der Waals surface area (Å²) in [6, 6.07) is 11.3. The van der Waals surface area contributed by atoms with Gasteiger partial charge in [-0.15, -0.1) is 0 Å². The molecule has 0 aliphatic carbocycles. The lowest BCUT2D eigenvalue weighted by atomic mass is 9.94. The van der Waals surface area contributed by atoms with E-state index in [2.05, 4.69) is 0 Å². The van der Waals surface area contributed by atoms with Crippen LogP contribution in [0.1, 0.15) is 24.9 Å². The van der Waals surface area contributed by atoms with Gasteiger partial charge < -0.3 is 10.6 Å². The van der Waals surface area contributed by atoms with Crippen LogP contribution >= 0.6 is 0 Å². The number of carbonyl (C=O) groups is 1. The Balaban J connectivity index is 2.67. The SMILES string of the molecule is CC(C(=O)N(C)CCC#N)C(N)c1ccccc1. The Labute approximate surface area is 108 Å². The van der Waals surface area contributed by atoms with Gasteiger partial charge in [0.1, 0.15) is 0 Å². The quantitative estimate of drug-likeness (QED) is 0.858. The van der Waals surface area contributed by atoms with Crippen molar-refractivity contribution in [3.05, 3.63) is 35.9 Å². The van der Waals surface area contributed by atoms with E-state index in [9.17, 15) is 4.79 Å². The van der Waals surface area contributed by atoms with Crippen LogP contribution in [-0.2, 0) is 4.79 Å². The molecule has 0 aliphatic rings. The van der Waals surface area contributed by atoms with Gasteiger partial charge in [0, 0.05) is 19.6 Å². The van der Waals surface area contributed by atoms with Crippen molar-refractivity contribution in [1.82, 2.24) is 4.90 Å². The number of benzene rings is 1. The molecule has 0 radical (unpaired) electrons. The van der Waals surface area contributed by atoms with Crippen molar-refractivity contribution in [1.29, 1.82) is 5.26 Å². The first-order chi connectivity index (χ1) is 8.57. The van der Waals surface area contributed by atoms with Gasteiger partial charge in [-0.2, -0.15) is 5.26 Å². The topological polar surface area (TPSA) is 70.1 Å². The Hall–Kier alpha value is -1.86. The van der Waals surface area contributed by atoms with Crippen LogP contribution in [0, 0.1) is 17.2 Å². The van der Waals surface area contributed by atoms with Gasteiger partial charge in [-0.05, 0) is 5.56 Å². The highest BCUT2D eigenvalue weighted by Crippen LogP contribution is 2.20. The zero-order valence-corrected chi connectivity index (χ0v) is 10.8. The summed E-state index contributed by atoms with van der Waals surface area (Å²) in [6.45, 7) is 2.27. The van der Waals surface area contributed by atoms with E-state index in [-0.39, 0.29) is 17.9 Å². The molecule has 18 heavy (non-hydrogen) atoms. The van der Waals surface area contributed by atoms with Gasteiger partial charge in [-0.1, -0.05) is 37.3 Å². The van der Waals surface area contributed by atoms with Gasteiger partial charge in [-0.3, -0.25) is 4.79 Å². The number of nitrogens with two attached hydrogens (primary N) is 1. The van der Waals surface area contributed by atoms with Crippen molar-refractivity contribution >= 4 is 5.91 Å². The number of rotatable bonds is 5. The fourth-order valence-corrected chi connectivity index (χ4v) is 1.79.